The first-order valence-electron chi connectivity index (χ1n) is 10.0. The van der Waals surface area contributed by atoms with Crippen LogP contribution in [0.4, 0.5) is 17.2 Å². The predicted octanol–water partition coefficient (Wildman–Crippen LogP) is 3.97. The smallest absolute Gasteiger partial charge is 0.257 e. The number of aromatic nitrogens is 2. The van der Waals surface area contributed by atoms with Crippen molar-refractivity contribution < 1.29 is 9.59 Å². The summed E-state index contributed by atoms with van der Waals surface area (Å²) in [5, 5.41) is 5.59. The summed E-state index contributed by atoms with van der Waals surface area (Å²) in [5.74, 6) is -0.0770. The zero-order valence-corrected chi connectivity index (χ0v) is 16.5. The number of pyridine rings is 2. The third-order valence-corrected chi connectivity index (χ3v) is 5.02. The van der Waals surface area contributed by atoms with E-state index in [9.17, 15) is 9.59 Å². The van der Waals surface area contributed by atoms with Gasteiger partial charge in [0, 0.05) is 36.7 Å². The fourth-order valence-electron chi connectivity index (χ4n) is 3.43. The molecule has 3 heterocycles. The summed E-state index contributed by atoms with van der Waals surface area (Å²) in [6.07, 6.45) is 8.57. The molecule has 7 heteroatoms. The topological polar surface area (TPSA) is 87.2 Å². The van der Waals surface area contributed by atoms with Crippen LogP contribution in [-0.4, -0.2) is 34.9 Å². The van der Waals surface area contributed by atoms with Gasteiger partial charge in [0.15, 0.2) is 0 Å². The van der Waals surface area contributed by atoms with Crippen molar-refractivity contribution in [2.45, 2.75) is 19.3 Å². The summed E-state index contributed by atoms with van der Waals surface area (Å²) in [6.45, 7) is 2.09. The van der Waals surface area contributed by atoms with Crippen LogP contribution in [0.3, 0.4) is 0 Å². The zero-order chi connectivity index (χ0) is 20.8. The Bertz CT molecular complexity index is 1020. The van der Waals surface area contributed by atoms with Crippen molar-refractivity contribution in [3.8, 4) is 0 Å². The fraction of sp³-hybridized carbons (Fsp3) is 0.217. The Hall–Kier alpha value is -3.74. The van der Waals surface area contributed by atoms with Crippen molar-refractivity contribution in [3.63, 3.8) is 0 Å². The summed E-state index contributed by atoms with van der Waals surface area (Å²) in [4.78, 5) is 35.5. The Balaban J connectivity index is 1.40. The van der Waals surface area contributed by atoms with Gasteiger partial charge in [-0.1, -0.05) is 6.07 Å². The molecule has 0 aliphatic carbocycles. The van der Waals surface area contributed by atoms with Crippen molar-refractivity contribution in [1.29, 1.82) is 0 Å². The van der Waals surface area contributed by atoms with Gasteiger partial charge < -0.3 is 15.5 Å². The monoisotopic (exact) mass is 401 g/mol. The van der Waals surface area contributed by atoms with Gasteiger partial charge in [-0.15, -0.1) is 0 Å². The molecule has 1 aromatic carbocycles. The molecule has 1 saturated heterocycles. The summed E-state index contributed by atoms with van der Waals surface area (Å²) >= 11 is 0. The van der Waals surface area contributed by atoms with Crippen LogP contribution in [0.2, 0.25) is 0 Å². The minimum Gasteiger partial charge on any atom is -0.370 e. The van der Waals surface area contributed by atoms with Crippen LogP contribution in [0, 0.1) is 0 Å². The largest absolute Gasteiger partial charge is 0.370 e. The Morgan fingerprint density at radius 1 is 0.833 bits per heavy atom. The van der Waals surface area contributed by atoms with Crippen molar-refractivity contribution in [2.75, 3.05) is 28.6 Å². The van der Waals surface area contributed by atoms with Gasteiger partial charge >= 0.3 is 0 Å². The average Bonchev–Trinajstić information content (AvgIpc) is 2.81. The quantitative estimate of drug-likeness (QED) is 0.675. The molecule has 1 aliphatic rings. The first-order chi connectivity index (χ1) is 14.7. The van der Waals surface area contributed by atoms with E-state index in [1.54, 1.807) is 48.8 Å². The van der Waals surface area contributed by atoms with E-state index in [1.165, 1.54) is 25.5 Å². The van der Waals surface area contributed by atoms with Gasteiger partial charge in [-0.3, -0.25) is 14.6 Å². The van der Waals surface area contributed by atoms with Gasteiger partial charge in [0.2, 0.25) is 0 Å². The molecule has 0 bridgehead atoms. The third kappa shape index (κ3) is 4.81. The lowest BCUT2D eigenvalue weighted by atomic mass is 10.1. The van der Waals surface area contributed by atoms with E-state index >= 15 is 0 Å². The van der Waals surface area contributed by atoms with E-state index in [4.69, 9.17) is 0 Å². The number of nitrogens with one attached hydrogen (secondary N) is 2. The molecule has 0 spiro atoms. The highest BCUT2D eigenvalue weighted by atomic mass is 16.2. The second kappa shape index (κ2) is 9.17. The lowest BCUT2D eigenvalue weighted by Gasteiger charge is -2.28. The SMILES string of the molecule is O=C(Nc1cccc(C(=O)Nc2ccc(N3CCCCC3)cn2)c1)c1cccnc1. The number of carbonyl (C=O) groups is 2. The lowest BCUT2D eigenvalue weighted by Crippen LogP contribution is -2.29. The normalized spacial score (nSPS) is 13.5. The minimum absolute atomic E-state index is 0.282. The highest BCUT2D eigenvalue weighted by Crippen LogP contribution is 2.20. The Kier molecular flexibility index (Phi) is 5.98. The van der Waals surface area contributed by atoms with Crippen LogP contribution >= 0.6 is 0 Å². The fourth-order valence-corrected chi connectivity index (χ4v) is 3.43. The summed E-state index contributed by atoms with van der Waals surface area (Å²) < 4.78 is 0. The number of carbonyl (C=O) groups excluding carboxylic acids is 2. The molecular weight excluding hydrogens is 378 g/mol. The maximum Gasteiger partial charge on any atom is 0.257 e. The molecule has 7 nitrogen and oxygen atoms in total. The van der Waals surface area contributed by atoms with E-state index in [0.717, 1.165) is 18.8 Å². The number of hydrogen-bond donors (Lipinski definition) is 2. The van der Waals surface area contributed by atoms with Crippen molar-refractivity contribution in [3.05, 3.63) is 78.2 Å². The number of piperidine rings is 1. The molecule has 0 radical (unpaired) electrons. The van der Waals surface area contributed by atoms with E-state index in [0.29, 0.717) is 22.6 Å². The van der Waals surface area contributed by atoms with E-state index in [2.05, 4.69) is 25.5 Å². The number of benzene rings is 1. The van der Waals surface area contributed by atoms with Crippen molar-refractivity contribution >= 4 is 29.0 Å². The zero-order valence-electron chi connectivity index (χ0n) is 16.5. The molecule has 3 aromatic rings. The molecule has 1 fully saturated rings. The van der Waals surface area contributed by atoms with Crippen LogP contribution in [0.1, 0.15) is 40.0 Å². The Morgan fingerprint density at radius 2 is 1.63 bits per heavy atom. The van der Waals surface area contributed by atoms with Gasteiger partial charge in [0.1, 0.15) is 5.82 Å². The number of hydrogen-bond acceptors (Lipinski definition) is 5. The molecule has 152 valence electrons. The Labute approximate surface area is 175 Å². The number of nitrogens with zero attached hydrogens (tertiary/aromatic N) is 3. The maximum atomic E-state index is 12.6. The standard InChI is InChI=1S/C23H23N5O2/c29-22(27-21-10-9-20(16-25-21)28-12-2-1-3-13-28)17-6-4-8-19(14-17)26-23(30)18-7-5-11-24-15-18/h4-11,14-16H,1-3,12-13H2,(H,26,30)(H,25,27,29). The van der Waals surface area contributed by atoms with Crippen LogP contribution in [-0.2, 0) is 0 Å². The van der Waals surface area contributed by atoms with E-state index < -0.39 is 0 Å². The summed E-state index contributed by atoms with van der Waals surface area (Å²) in [7, 11) is 0. The second-order valence-electron chi connectivity index (χ2n) is 7.18. The first-order valence-corrected chi connectivity index (χ1v) is 10.0. The van der Waals surface area contributed by atoms with Gasteiger partial charge in [-0.2, -0.15) is 0 Å². The number of anilines is 3. The van der Waals surface area contributed by atoms with Gasteiger partial charge in [0.05, 0.1) is 17.4 Å². The molecule has 0 saturated carbocycles. The molecule has 30 heavy (non-hydrogen) atoms. The van der Waals surface area contributed by atoms with E-state index in [-0.39, 0.29) is 11.8 Å². The van der Waals surface area contributed by atoms with Crippen LogP contribution < -0.4 is 15.5 Å². The van der Waals surface area contributed by atoms with Gasteiger partial charge in [-0.25, -0.2) is 4.98 Å². The van der Waals surface area contributed by atoms with Crippen LogP contribution in [0.15, 0.2) is 67.1 Å². The molecule has 2 aromatic heterocycles. The highest BCUT2D eigenvalue weighted by molar-refractivity contribution is 6.07. The molecule has 0 unspecified atom stereocenters. The molecule has 1 aliphatic heterocycles. The van der Waals surface area contributed by atoms with Crippen LogP contribution in [0.25, 0.3) is 0 Å². The molecular formula is C23H23N5O2. The number of rotatable bonds is 5. The molecule has 0 atom stereocenters. The minimum atomic E-state index is -0.286. The summed E-state index contributed by atoms with van der Waals surface area (Å²) in [5.41, 5.74) is 2.49. The Morgan fingerprint density at radius 3 is 2.37 bits per heavy atom. The van der Waals surface area contributed by atoms with Crippen molar-refractivity contribution in [2.24, 2.45) is 0 Å². The molecule has 4 rings (SSSR count). The van der Waals surface area contributed by atoms with E-state index in [1.807, 2.05) is 12.1 Å². The number of amides is 2. The first kappa shape index (κ1) is 19.6. The highest BCUT2D eigenvalue weighted by Gasteiger charge is 2.13. The average molecular weight is 401 g/mol. The second-order valence-corrected chi connectivity index (χ2v) is 7.18. The van der Waals surface area contributed by atoms with Crippen LogP contribution in [0.5, 0.6) is 0 Å². The molecule has 2 N–H and O–H groups in total. The predicted molar refractivity (Wildman–Crippen MR) is 117 cm³/mol. The van der Waals surface area contributed by atoms with Gasteiger partial charge in [-0.05, 0) is 61.7 Å². The van der Waals surface area contributed by atoms with Crippen molar-refractivity contribution in [1.82, 2.24) is 9.97 Å². The third-order valence-electron chi connectivity index (χ3n) is 5.02. The maximum absolute atomic E-state index is 12.6. The lowest BCUT2D eigenvalue weighted by molar-refractivity contribution is 0.101. The van der Waals surface area contributed by atoms with Gasteiger partial charge in [0.25, 0.3) is 11.8 Å². The summed E-state index contributed by atoms with van der Waals surface area (Å²) in [6, 6.07) is 14.0. The molecule has 2 amide bonds.